The summed E-state index contributed by atoms with van der Waals surface area (Å²) < 4.78 is 18.6. The van der Waals surface area contributed by atoms with Gasteiger partial charge in [-0.3, -0.25) is 4.79 Å². The van der Waals surface area contributed by atoms with E-state index in [0.717, 1.165) is 11.3 Å². The molecule has 2 aromatic carbocycles. The van der Waals surface area contributed by atoms with E-state index in [2.05, 4.69) is 4.98 Å². The Morgan fingerprint density at radius 2 is 2.13 bits per heavy atom. The summed E-state index contributed by atoms with van der Waals surface area (Å²) in [5.74, 6) is 0.302. The highest BCUT2D eigenvalue weighted by molar-refractivity contribution is 6.14. The fraction of sp³-hybridized carbons (Fsp3) is 0.105. The molecule has 4 heteroatoms. The second kappa shape index (κ2) is 6.48. The van der Waals surface area contributed by atoms with Crippen LogP contribution in [0.3, 0.4) is 0 Å². The maximum Gasteiger partial charge on any atom is 0.187 e. The number of hydrogen-bond acceptors (Lipinski definition) is 2. The second-order valence-electron chi connectivity index (χ2n) is 5.10. The van der Waals surface area contributed by atoms with Gasteiger partial charge in [0.25, 0.3) is 0 Å². The first-order valence-electron chi connectivity index (χ1n) is 7.39. The number of H-pyrrole nitrogens is 1. The van der Waals surface area contributed by atoms with Gasteiger partial charge < -0.3 is 9.72 Å². The largest absolute Gasteiger partial charge is 0.494 e. The monoisotopic (exact) mass is 309 g/mol. The molecule has 0 aliphatic carbocycles. The number of rotatable bonds is 5. The van der Waals surface area contributed by atoms with Gasteiger partial charge in [0.05, 0.1) is 6.61 Å². The third-order valence-corrected chi connectivity index (χ3v) is 3.51. The van der Waals surface area contributed by atoms with Gasteiger partial charge in [-0.05, 0) is 48.9 Å². The highest BCUT2D eigenvalue weighted by atomic mass is 19.1. The van der Waals surface area contributed by atoms with Crippen LogP contribution in [0.4, 0.5) is 4.39 Å². The van der Waals surface area contributed by atoms with Crippen LogP contribution in [0.1, 0.15) is 22.8 Å². The Bertz CT molecular complexity index is 880. The summed E-state index contributed by atoms with van der Waals surface area (Å²) >= 11 is 0. The SMILES string of the molecule is CCOc1cccc(C=CC(=O)c2c[nH]c3cc(F)ccc23)c1. The van der Waals surface area contributed by atoms with Gasteiger partial charge in [0.2, 0.25) is 0 Å². The fourth-order valence-corrected chi connectivity index (χ4v) is 2.44. The molecule has 1 heterocycles. The topological polar surface area (TPSA) is 42.1 Å². The van der Waals surface area contributed by atoms with Crippen LogP contribution < -0.4 is 4.74 Å². The lowest BCUT2D eigenvalue weighted by Crippen LogP contribution is -1.93. The van der Waals surface area contributed by atoms with Crippen LogP contribution in [0.15, 0.2) is 54.7 Å². The molecule has 0 unspecified atom stereocenters. The van der Waals surface area contributed by atoms with Crippen molar-refractivity contribution in [3.63, 3.8) is 0 Å². The molecule has 0 saturated heterocycles. The minimum atomic E-state index is -0.332. The number of allylic oxidation sites excluding steroid dienone is 1. The molecule has 0 atom stereocenters. The van der Waals surface area contributed by atoms with Crippen molar-refractivity contribution in [2.45, 2.75) is 6.92 Å². The van der Waals surface area contributed by atoms with E-state index in [1.165, 1.54) is 18.2 Å². The molecule has 3 aromatic rings. The molecule has 23 heavy (non-hydrogen) atoms. The zero-order chi connectivity index (χ0) is 16.2. The van der Waals surface area contributed by atoms with E-state index < -0.39 is 0 Å². The molecular weight excluding hydrogens is 293 g/mol. The molecule has 0 bridgehead atoms. The first kappa shape index (κ1) is 15.0. The van der Waals surface area contributed by atoms with Crippen LogP contribution in [-0.4, -0.2) is 17.4 Å². The van der Waals surface area contributed by atoms with Crippen molar-refractivity contribution in [3.8, 4) is 5.75 Å². The number of fused-ring (bicyclic) bond motifs is 1. The van der Waals surface area contributed by atoms with Crippen molar-refractivity contribution in [1.82, 2.24) is 4.98 Å². The van der Waals surface area contributed by atoms with Crippen molar-refractivity contribution in [1.29, 1.82) is 0 Å². The maximum atomic E-state index is 13.2. The van der Waals surface area contributed by atoms with E-state index in [9.17, 15) is 9.18 Å². The molecule has 116 valence electrons. The zero-order valence-electron chi connectivity index (χ0n) is 12.7. The average molecular weight is 309 g/mol. The van der Waals surface area contributed by atoms with Crippen LogP contribution in [-0.2, 0) is 0 Å². The smallest absolute Gasteiger partial charge is 0.187 e. The van der Waals surface area contributed by atoms with Crippen LogP contribution in [0.5, 0.6) is 5.75 Å². The molecule has 0 saturated carbocycles. The summed E-state index contributed by atoms with van der Waals surface area (Å²) in [5, 5.41) is 0.712. The van der Waals surface area contributed by atoms with Crippen molar-refractivity contribution in [2.75, 3.05) is 6.61 Å². The first-order valence-corrected chi connectivity index (χ1v) is 7.39. The van der Waals surface area contributed by atoms with Gasteiger partial charge in [-0.15, -0.1) is 0 Å². The van der Waals surface area contributed by atoms with Gasteiger partial charge in [-0.25, -0.2) is 4.39 Å². The lowest BCUT2D eigenvalue weighted by Gasteiger charge is -2.02. The summed E-state index contributed by atoms with van der Waals surface area (Å²) in [6.45, 7) is 2.52. The third kappa shape index (κ3) is 3.31. The van der Waals surface area contributed by atoms with Crippen LogP contribution in [0, 0.1) is 5.82 Å². The average Bonchev–Trinajstić information content (AvgIpc) is 2.96. The Morgan fingerprint density at radius 3 is 2.96 bits per heavy atom. The minimum Gasteiger partial charge on any atom is -0.494 e. The van der Waals surface area contributed by atoms with Gasteiger partial charge in [-0.2, -0.15) is 0 Å². The lowest BCUT2D eigenvalue weighted by atomic mass is 10.1. The molecule has 3 rings (SSSR count). The Kier molecular flexibility index (Phi) is 4.24. The molecular formula is C19H16FNO2. The van der Waals surface area contributed by atoms with Crippen LogP contribution in [0.25, 0.3) is 17.0 Å². The standard InChI is InChI=1S/C19H16FNO2/c1-2-23-15-5-3-4-13(10-15)6-9-19(22)17-12-21-18-11-14(20)7-8-16(17)18/h3-12,21H,2H2,1H3. The molecule has 0 spiro atoms. The van der Waals surface area contributed by atoms with E-state index in [1.807, 2.05) is 31.2 Å². The number of carbonyl (C=O) groups is 1. The number of aromatic nitrogens is 1. The molecule has 0 fully saturated rings. The maximum absolute atomic E-state index is 13.2. The highest BCUT2D eigenvalue weighted by Gasteiger charge is 2.09. The number of benzene rings is 2. The number of ether oxygens (including phenoxy) is 1. The van der Waals surface area contributed by atoms with Crippen molar-refractivity contribution in [2.24, 2.45) is 0 Å². The van der Waals surface area contributed by atoms with Crippen LogP contribution >= 0.6 is 0 Å². The Balaban J connectivity index is 1.84. The predicted octanol–water partition coefficient (Wildman–Crippen LogP) is 4.60. The Labute approximate surface area is 133 Å². The van der Waals surface area contributed by atoms with Gasteiger partial charge in [0.15, 0.2) is 5.78 Å². The summed E-state index contributed by atoms with van der Waals surface area (Å²) in [6, 6.07) is 11.9. The van der Waals surface area contributed by atoms with Crippen molar-refractivity contribution >= 4 is 22.8 Å². The molecule has 0 aliphatic heterocycles. The minimum absolute atomic E-state index is 0.135. The van der Waals surface area contributed by atoms with Gasteiger partial charge in [0, 0.05) is 22.7 Å². The van der Waals surface area contributed by atoms with Gasteiger partial charge >= 0.3 is 0 Å². The van der Waals surface area contributed by atoms with E-state index in [1.54, 1.807) is 18.3 Å². The predicted molar refractivity (Wildman–Crippen MR) is 89.2 cm³/mol. The number of hydrogen-bond donors (Lipinski definition) is 1. The molecule has 1 N–H and O–H groups in total. The number of ketones is 1. The number of halogens is 1. The summed E-state index contributed by atoms with van der Waals surface area (Å²) in [5.41, 5.74) is 2.02. The summed E-state index contributed by atoms with van der Waals surface area (Å²) in [6.07, 6.45) is 4.86. The Morgan fingerprint density at radius 1 is 1.26 bits per heavy atom. The zero-order valence-corrected chi connectivity index (χ0v) is 12.7. The van der Waals surface area contributed by atoms with E-state index in [4.69, 9.17) is 4.74 Å². The summed E-state index contributed by atoms with van der Waals surface area (Å²) in [7, 11) is 0. The lowest BCUT2D eigenvalue weighted by molar-refractivity contribution is 0.104. The van der Waals surface area contributed by atoms with Gasteiger partial charge in [-0.1, -0.05) is 18.2 Å². The van der Waals surface area contributed by atoms with Crippen molar-refractivity contribution < 1.29 is 13.9 Å². The number of carbonyl (C=O) groups excluding carboxylic acids is 1. The molecule has 0 aliphatic rings. The highest BCUT2D eigenvalue weighted by Crippen LogP contribution is 2.21. The molecule has 1 aromatic heterocycles. The van der Waals surface area contributed by atoms with Crippen LogP contribution in [0.2, 0.25) is 0 Å². The quantitative estimate of drug-likeness (QED) is 0.553. The molecule has 3 nitrogen and oxygen atoms in total. The summed E-state index contributed by atoms with van der Waals surface area (Å²) in [4.78, 5) is 15.3. The molecule has 0 amide bonds. The van der Waals surface area contributed by atoms with E-state index >= 15 is 0 Å². The third-order valence-electron chi connectivity index (χ3n) is 3.51. The van der Waals surface area contributed by atoms with Gasteiger partial charge in [0.1, 0.15) is 11.6 Å². The molecule has 0 radical (unpaired) electrons. The number of aromatic amines is 1. The normalized spacial score (nSPS) is 11.2. The van der Waals surface area contributed by atoms with E-state index in [0.29, 0.717) is 23.1 Å². The fourth-order valence-electron chi connectivity index (χ4n) is 2.44. The number of nitrogens with one attached hydrogen (secondary N) is 1. The Hall–Kier alpha value is -2.88. The first-order chi connectivity index (χ1) is 11.2. The van der Waals surface area contributed by atoms with E-state index in [-0.39, 0.29) is 11.6 Å². The van der Waals surface area contributed by atoms with Crippen molar-refractivity contribution in [3.05, 3.63) is 71.7 Å². The second-order valence-corrected chi connectivity index (χ2v) is 5.10.